The van der Waals surface area contributed by atoms with Gasteiger partial charge in [-0.2, -0.15) is 0 Å². The van der Waals surface area contributed by atoms with Gasteiger partial charge in [0.05, 0.1) is 0 Å². The zero-order valence-corrected chi connectivity index (χ0v) is 14.0. The van der Waals surface area contributed by atoms with E-state index in [1.807, 2.05) is 0 Å². The van der Waals surface area contributed by atoms with Crippen LogP contribution in [0.25, 0.3) is 0 Å². The summed E-state index contributed by atoms with van der Waals surface area (Å²) in [6.07, 6.45) is 14.8. The largest absolute Gasteiger partial charge is 0.0848 e. The molecule has 0 amide bonds. The van der Waals surface area contributed by atoms with Gasteiger partial charge in [0.25, 0.3) is 0 Å². The van der Waals surface area contributed by atoms with Gasteiger partial charge in [0, 0.05) is 0 Å². The topological polar surface area (TPSA) is 0 Å². The second-order valence-corrected chi connectivity index (χ2v) is 6.69. The molecule has 1 aliphatic carbocycles. The Kier molecular flexibility index (Phi) is 7.06. The van der Waals surface area contributed by atoms with Crippen molar-refractivity contribution in [2.75, 3.05) is 0 Å². The van der Waals surface area contributed by atoms with E-state index in [1.54, 1.807) is 5.57 Å². The highest BCUT2D eigenvalue weighted by atomic mass is 14.2. The first-order valence-electron chi connectivity index (χ1n) is 9.06. The summed E-state index contributed by atoms with van der Waals surface area (Å²) in [4.78, 5) is 0. The first kappa shape index (κ1) is 16.3. The molecule has 0 fully saturated rings. The van der Waals surface area contributed by atoms with E-state index in [0.29, 0.717) is 0 Å². The van der Waals surface area contributed by atoms with Gasteiger partial charge in [-0.3, -0.25) is 0 Å². The maximum Gasteiger partial charge on any atom is -0.0206 e. The van der Waals surface area contributed by atoms with E-state index in [9.17, 15) is 0 Å². The molecule has 0 radical (unpaired) electrons. The van der Waals surface area contributed by atoms with E-state index < -0.39 is 0 Å². The maximum atomic E-state index is 2.60. The molecule has 0 nitrogen and oxygen atoms in total. The van der Waals surface area contributed by atoms with Crippen molar-refractivity contribution in [3.8, 4) is 0 Å². The number of aryl methyl sites for hydroxylation is 1. The second-order valence-electron chi connectivity index (χ2n) is 6.69. The minimum absolute atomic E-state index is 0.844. The monoisotopic (exact) mass is 284 g/mol. The van der Waals surface area contributed by atoms with Crippen molar-refractivity contribution in [2.24, 2.45) is 11.8 Å². The molecule has 0 saturated heterocycles. The zero-order chi connectivity index (χ0) is 14.9. The Morgan fingerprint density at radius 3 is 2.57 bits per heavy atom. The fourth-order valence-electron chi connectivity index (χ4n) is 3.80. The van der Waals surface area contributed by atoms with Gasteiger partial charge in [0.2, 0.25) is 0 Å². The highest BCUT2D eigenvalue weighted by molar-refractivity contribution is 5.15. The molecule has 116 valence electrons. The molecule has 0 saturated carbocycles. The van der Waals surface area contributed by atoms with Crippen molar-refractivity contribution >= 4 is 0 Å². The van der Waals surface area contributed by atoms with Crippen LogP contribution in [0.1, 0.15) is 70.8 Å². The summed E-state index contributed by atoms with van der Waals surface area (Å²) in [7, 11) is 0. The third kappa shape index (κ3) is 5.34. The van der Waals surface area contributed by atoms with Gasteiger partial charge < -0.3 is 0 Å². The molecule has 2 atom stereocenters. The number of hydrogen-bond acceptors (Lipinski definition) is 0. The number of rotatable bonds is 8. The predicted octanol–water partition coefficient (Wildman–Crippen LogP) is 6.56. The van der Waals surface area contributed by atoms with Gasteiger partial charge in [-0.1, -0.05) is 68.7 Å². The fraction of sp³-hybridized carbons (Fsp3) is 0.619. The second kappa shape index (κ2) is 9.07. The Balaban J connectivity index is 1.78. The van der Waals surface area contributed by atoms with Crippen molar-refractivity contribution in [3.63, 3.8) is 0 Å². The molecule has 2 unspecified atom stereocenters. The third-order valence-corrected chi connectivity index (χ3v) is 5.13. The summed E-state index contributed by atoms with van der Waals surface area (Å²) < 4.78 is 0. The van der Waals surface area contributed by atoms with Gasteiger partial charge in [-0.05, 0) is 62.3 Å². The van der Waals surface area contributed by atoms with E-state index in [0.717, 1.165) is 11.8 Å². The van der Waals surface area contributed by atoms with Crippen LogP contribution in [0.5, 0.6) is 0 Å². The lowest BCUT2D eigenvalue weighted by molar-refractivity contribution is 0.400. The molecule has 0 heterocycles. The van der Waals surface area contributed by atoms with Crippen molar-refractivity contribution in [1.82, 2.24) is 0 Å². The number of allylic oxidation sites excluding steroid dienone is 2. The quantitative estimate of drug-likeness (QED) is 0.474. The third-order valence-electron chi connectivity index (χ3n) is 5.13. The lowest BCUT2D eigenvalue weighted by Gasteiger charge is -2.26. The smallest absolute Gasteiger partial charge is 0.0206 e. The van der Waals surface area contributed by atoms with Crippen molar-refractivity contribution in [3.05, 3.63) is 47.5 Å². The van der Waals surface area contributed by atoms with Crippen LogP contribution >= 0.6 is 0 Å². The lowest BCUT2D eigenvalue weighted by atomic mass is 9.79. The minimum atomic E-state index is 0.844. The van der Waals surface area contributed by atoms with E-state index in [-0.39, 0.29) is 0 Å². The normalized spacial score (nSPS) is 20.1. The molecule has 0 aliphatic heterocycles. The molecule has 1 aliphatic rings. The molecule has 0 heteroatoms. The number of hydrogen-bond donors (Lipinski definition) is 0. The average Bonchev–Trinajstić information content (AvgIpc) is 2.54. The van der Waals surface area contributed by atoms with Crippen LogP contribution in [-0.4, -0.2) is 0 Å². The summed E-state index contributed by atoms with van der Waals surface area (Å²) in [6.45, 7) is 4.68. The van der Waals surface area contributed by atoms with Gasteiger partial charge in [-0.25, -0.2) is 0 Å². The van der Waals surface area contributed by atoms with Crippen molar-refractivity contribution in [1.29, 1.82) is 0 Å². The Labute approximate surface area is 131 Å². The van der Waals surface area contributed by atoms with Gasteiger partial charge in [0.1, 0.15) is 0 Å². The standard InChI is InChI=1S/C21H32/c1-3-9-18-14-16-21(17-15-18)20(4-2)13-8-12-19-10-6-5-7-11-19/h5-7,10-11,16,18,20H,3-4,8-9,12-15,17H2,1-2H3. The highest BCUT2D eigenvalue weighted by Gasteiger charge is 2.18. The molecule has 1 aromatic carbocycles. The van der Waals surface area contributed by atoms with E-state index in [2.05, 4.69) is 50.3 Å². The zero-order valence-electron chi connectivity index (χ0n) is 14.0. The van der Waals surface area contributed by atoms with Crippen LogP contribution in [0.3, 0.4) is 0 Å². The summed E-state index contributed by atoms with van der Waals surface area (Å²) >= 11 is 0. The SMILES string of the molecule is CCCC1CC=C(C(CC)CCCc2ccccc2)CC1. The van der Waals surface area contributed by atoms with E-state index >= 15 is 0 Å². The molecule has 0 N–H and O–H groups in total. The molecule has 0 aromatic heterocycles. The van der Waals surface area contributed by atoms with Crippen LogP contribution in [0.4, 0.5) is 0 Å². The van der Waals surface area contributed by atoms with Crippen LogP contribution in [0, 0.1) is 11.8 Å². The van der Waals surface area contributed by atoms with Crippen LogP contribution < -0.4 is 0 Å². The molecule has 2 rings (SSSR count). The van der Waals surface area contributed by atoms with E-state index in [4.69, 9.17) is 0 Å². The Bertz CT molecular complexity index is 415. The van der Waals surface area contributed by atoms with Crippen LogP contribution in [0.2, 0.25) is 0 Å². The molecule has 0 spiro atoms. The van der Waals surface area contributed by atoms with E-state index in [1.165, 1.54) is 63.4 Å². The maximum absolute atomic E-state index is 2.60. The predicted molar refractivity (Wildman–Crippen MR) is 93.5 cm³/mol. The van der Waals surface area contributed by atoms with Crippen molar-refractivity contribution < 1.29 is 0 Å². The van der Waals surface area contributed by atoms with Crippen LogP contribution in [-0.2, 0) is 6.42 Å². The highest BCUT2D eigenvalue weighted by Crippen LogP contribution is 2.34. The average molecular weight is 284 g/mol. The summed E-state index contributed by atoms with van der Waals surface area (Å²) in [6, 6.07) is 10.9. The first-order valence-corrected chi connectivity index (χ1v) is 9.06. The van der Waals surface area contributed by atoms with Crippen LogP contribution in [0.15, 0.2) is 42.0 Å². The summed E-state index contributed by atoms with van der Waals surface area (Å²) in [5.41, 5.74) is 3.27. The Morgan fingerprint density at radius 1 is 1.14 bits per heavy atom. The Morgan fingerprint density at radius 2 is 1.95 bits per heavy atom. The molecule has 0 bridgehead atoms. The van der Waals surface area contributed by atoms with Crippen molar-refractivity contribution in [2.45, 2.75) is 71.6 Å². The Hall–Kier alpha value is -1.04. The fourth-order valence-corrected chi connectivity index (χ4v) is 3.80. The molecular formula is C21H32. The summed E-state index contributed by atoms with van der Waals surface area (Å²) in [5.74, 6) is 1.82. The van der Waals surface area contributed by atoms with Gasteiger partial charge >= 0.3 is 0 Å². The van der Waals surface area contributed by atoms with Gasteiger partial charge in [0.15, 0.2) is 0 Å². The lowest BCUT2D eigenvalue weighted by Crippen LogP contribution is -2.12. The van der Waals surface area contributed by atoms with Gasteiger partial charge in [-0.15, -0.1) is 0 Å². The molecular weight excluding hydrogens is 252 g/mol. The first-order chi connectivity index (χ1) is 10.3. The minimum Gasteiger partial charge on any atom is -0.0848 e. The number of benzene rings is 1. The molecule has 21 heavy (non-hydrogen) atoms. The summed E-state index contributed by atoms with van der Waals surface area (Å²) in [5, 5.41) is 0. The molecule has 1 aromatic rings.